The highest BCUT2D eigenvalue weighted by Gasteiger charge is 2.25. The maximum Gasteiger partial charge on any atom is 0.135 e. The van der Waals surface area contributed by atoms with E-state index in [9.17, 15) is 5.26 Å². The molecule has 2 aliphatic heterocycles. The summed E-state index contributed by atoms with van der Waals surface area (Å²) in [5, 5.41) is 19.0. The fourth-order valence-electron chi connectivity index (χ4n) is 8.37. The van der Waals surface area contributed by atoms with E-state index in [2.05, 4.69) is 127 Å². The molecule has 3 heteroatoms. The zero-order chi connectivity index (χ0) is 32.9. The molecule has 0 saturated heterocycles. The highest BCUT2D eigenvalue weighted by atomic mass is 16.5. The predicted octanol–water partition coefficient (Wildman–Crippen LogP) is 13.1. The fourth-order valence-corrected chi connectivity index (χ4v) is 8.37. The van der Waals surface area contributed by atoms with Crippen molar-refractivity contribution in [3.8, 4) is 73.6 Å². The molecule has 0 amide bonds. The topological polar surface area (TPSA) is 42.2 Å². The molecule has 0 unspecified atom stereocenters. The van der Waals surface area contributed by atoms with Gasteiger partial charge in [-0.1, -0.05) is 109 Å². The third-order valence-corrected chi connectivity index (χ3v) is 10.5. The minimum absolute atomic E-state index is 0.624. The van der Waals surface area contributed by atoms with E-state index in [1.165, 1.54) is 10.9 Å². The van der Waals surface area contributed by atoms with Crippen LogP contribution in [0.25, 0.3) is 87.6 Å². The predicted molar refractivity (Wildman–Crippen MR) is 203 cm³/mol. The van der Waals surface area contributed by atoms with Gasteiger partial charge in [0.15, 0.2) is 0 Å². The molecule has 9 aromatic rings. The number of hydrogen-bond donors (Lipinski definition) is 0. The molecule has 0 spiro atoms. The Morgan fingerprint density at radius 2 is 0.980 bits per heavy atom. The minimum Gasteiger partial charge on any atom is -0.456 e. The van der Waals surface area contributed by atoms with Crippen molar-refractivity contribution >= 4 is 43.1 Å². The van der Waals surface area contributed by atoms with Crippen LogP contribution in [0.1, 0.15) is 5.56 Å². The van der Waals surface area contributed by atoms with Crippen LogP contribution in [0.4, 0.5) is 0 Å². The van der Waals surface area contributed by atoms with E-state index in [1.54, 1.807) is 0 Å². The Morgan fingerprint density at radius 1 is 0.380 bits per heavy atom. The lowest BCUT2D eigenvalue weighted by molar-refractivity contribution is 0.487. The Balaban J connectivity index is 1.21. The van der Waals surface area contributed by atoms with Gasteiger partial charge < -0.3 is 9.47 Å². The highest BCUT2D eigenvalue weighted by molar-refractivity contribution is 6.25. The van der Waals surface area contributed by atoms with Crippen molar-refractivity contribution in [2.75, 3.05) is 0 Å². The first-order valence-corrected chi connectivity index (χ1v) is 16.8. The third kappa shape index (κ3) is 3.68. The average Bonchev–Trinajstić information content (AvgIpc) is 3.17. The molecule has 50 heavy (non-hydrogen) atoms. The highest BCUT2D eigenvalue weighted by Crippen LogP contribution is 2.53. The summed E-state index contributed by atoms with van der Waals surface area (Å²) in [6.07, 6.45) is 0. The molecular weight excluding hydrogens is 611 g/mol. The second kappa shape index (κ2) is 10.1. The molecule has 0 saturated carbocycles. The summed E-state index contributed by atoms with van der Waals surface area (Å²) in [6, 6.07) is 55.4. The van der Waals surface area contributed by atoms with E-state index in [-0.39, 0.29) is 0 Å². The molecule has 0 N–H and O–H groups in total. The standard InChI is InChI=1S/C47H25NO2/c48-26-27-18-20-38-39(24-27)46(37-23-22-36-30-10-3-4-15-40(30)49-42-17-7-14-35(37)47(36)42)34-12-2-1-11-33(34)44(38)29-19-21-31-32-13-5-8-28-9-6-16-41(45(28)32)50-43(31)25-29/h1-25H. The maximum absolute atomic E-state index is 10.1. The van der Waals surface area contributed by atoms with E-state index >= 15 is 0 Å². The van der Waals surface area contributed by atoms with Gasteiger partial charge in [0.2, 0.25) is 0 Å². The van der Waals surface area contributed by atoms with Gasteiger partial charge in [-0.15, -0.1) is 0 Å². The first kappa shape index (κ1) is 27.1. The summed E-state index contributed by atoms with van der Waals surface area (Å²) < 4.78 is 13.1. The summed E-state index contributed by atoms with van der Waals surface area (Å²) in [6.45, 7) is 0. The lowest BCUT2D eigenvalue weighted by Gasteiger charge is -2.24. The summed E-state index contributed by atoms with van der Waals surface area (Å²) in [5.74, 6) is 3.44. The second-order valence-corrected chi connectivity index (χ2v) is 13.1. The largest absolute Gasteiger partial charge is 0.456 e. The summed E-state index contributed by atoms with van der Waals surface area (Å²) in [5.41, 5.74) is 9.54. The second-order valence-electron chi connectivity index (χ2n) is 13.1. The maximum atomic E-state index is 10.1. The van der Waals surface area contributed by atoms with Crippen LogP contribution in [0.15, 0.2) is 152 Å². The van der Waals surface area contributed by atoms with Gasteiger partial charge in [-0.25, -0.2) is 0 Å². The molecule has 9 aromatic carbocycles. The molecule has 2 aliphatic rings. The lowest BCUT2D eigenvalue weighted by atomic mass is 9.82. The first-order valence-electron chi connectivity index (χ1n) is 16.8. The number of fused-ring (bicyclic) bond motifs is 6. The van der Waals surface area contributed by atoms with Gasteiger partial charge in [0.1, 0.15) is 23.0 Å². The molecule has 11 rings (SSSR count). The van der Waals surface area contributed by atoms with Crippen molar-refractivity contribution in [3.05, 3.63) is 157 Å². The van der Waals surface area contributed by atoms with Gasteiger partial charge in [-0.3, -0.25) is 0 Å². The number of nitrogens with zero attached hydrogens (tertiary/aromatic N) is 1. The van der Waals surface area contributed by atoms with Crippen molar-refractivity contribution in [1.29, 1.82) is 5.26 Å². The van der Waals surface area contributed by atoms with Crippen molar-refractivity contribution in [3.63, 3.8) is 0 Å². The first-order chi connectivity index (χ1) is 24.7. The van der Waals surface area contributed by atoms with Crippen LogP contribution >= 0.6 is 0 Å². The van der Waals surface area contributed by atoms with Crippen molar-refractivity contribution in [2.45, 2.75) is 0 Å². The summed E-state index contributed by atoms with van der Waals surface area (Å²) in [7, 11) is 0. The van der Waals surface area contributed by atoms with Crippen molar-refractivity contribution in [1.82, 2.24) is 0 Å². The Labute approximate surface area is 287 Å². The molecule has 0 aromatic heterocycles. The SMILES string of the molecule is N#Cc1ccc2c(-c3ccc4c(c3)Oc3cccc5cccc-4c35)c3ccccc3c(-c3ccc4c5c(cccc35)Oc3ccccc3-4)c2c1. The third-order valence-electron chi connectivity index (χ3n) is 10.5. The fraction of sp³-hybridized carbons (Fsp3) is 0. The van der Waals surface area contributed by atoms with Crippen LogP contribution in [0.5, 0.6) is 23.0 Å². The summed E-state index contributed by atoms with van der Waals surface area (Å²) >= 11 is 0. The molecule has 0 fully saturated rings. The van der Waals surface area contributed by atoms with Crippen LogP contribution in [0.2, 0.25) is 0 Å². The Morgan fingerprint density at radius 3 is 1.86 bits per heavy atom. The van der Waals surface area contributed by atoms with Crippen LogP contribution in [-0.2, 0) is 0 Å². The van der Waals surface area contributed by atoms with Crippen LogP contribution in [0.3, 0.4) is 0 Å². The number of hydrogen-bond acceptors (Lipinski definition) is 3. The van der Waals surface area contributed by atoms with Gasteiger partial charge in [0.05, 0.1) is 11.6 Å². The van der Waals surface area contributed by atoms with Crippen molar-refractivity contribution in [2.24, 2.45) is 0 Å². The molecule has 0 radical (unpaired) electrons. The number of ether oxygens (including phenoxy) is 2. The minimum atomic E-state index is 0.624. The van der Waals surface area contributed by atoms with Gasteiger partial charge in [-0.2, -0.15) is 5.26 Å². The van der Waals surface area contributed by atoms with Gasteiger partial charge >= 0.3 is 0 Å². The summed E-state index contributed by atoms with van der Waals surface area (Å²) in [4.78, 5) is 0. The number of rotatable bonds is 2. The molecule has 0 atom stereocenters. The van der Waals surface area contributed by atoms with Crippen LogP contribution < -0.4 is 9.47 Å². The number of para-hydroxylation sites is 1. The molecular formula is C47H25NO2. The Kier molecular flexibility index (Phi) is 5.45. The number of benzene rings is 9. The average molecular weight is 636 g/mol. The quantitative estimate of drug-likeness (QED) is 0.178. The van der Waals surface area contributed by atoms with Gasteiger partial charge in [0, 0.05) is 21.9 Å². The zero-order valence-electron chi connectivity index (χ0n) is 26.7. The normalized spacial score (nSPS) is 12.3. The lowest BCUT2D eigenvalue weighted by Crippen LogP contribution is -1.99. The molecule has 0 aliphatic carbocycles. The molecule has 2 heterocycles. The van der Waals surface area contributed by atoms with Crippen molar-refractivity contribution < 1.29 is 9.47 Å². The van der Waals surface area contributed by atoms with Crippen LogP contribution in [0, 0.1) is 11.3 Å². The number of nitriles is 1. The van der Waals surface area contributed by atoms with E-state index in [0.717, 1.165) is 99.6 Å². The molecule has 0 bridgehead atoms. The van der Waals surface area contributed by atoms with Crippen LogP contribution in [-0.4, -0.2) is 0 Å². The Bertz CT molecular complexity index is 3000. The van der Waals surface area contributed by atoms with E-state index in [0.29, 0.717) is 5.56 Å². The smallest absolute Gasteiger partial charge is 0.135 e. The Hall–Kier alpha value is -6.89. The molecule has 230 valence electrons. The van der Waals surface area contributed by atoms with E-state index in [4.69, 9.17) is 9.47 Å². The van der Waals surface area contributed by atoms with Gasteiger partial charge in [-0.05, 0) is 108 Å². The monoisotopic (exact) mass is 635 g/mol. The van der Waals surface area contributed by atoms with Gasteiger partial charge in [0.25, 0.3) is 0 Å². The zero-order valence-corrected chi connectivity index (χ0v) is 26.7. The van der Waals surface area contributed by atoms with E-state index < -0.39 is 0 Å². The molecule has 3 nitrogen and oxygen atoms in total. The van der Waals surface area contributed by atoms with E-state index in [1.807, 2.05) is 30.3 Å².